The van der Waals surface area contributed by atoms with Gasteiger partial charge < -0.3 is 15.5 Å². The smallest absolute Gasteiger partial charge is 0.274 e. The Bertz CT molecular complexity index is 580. The van der Waals surface area contributed by atoms with Crippen molar-refractivity contribution in [3.63, 3.8) is 0 Å². The first-order valence-corrected chi connectivity index (χ1v) is 6.69. The van der Waals surface area contributed by atoms with Gasteiger partial charge in [-0.05, 0) is 25.7 Å². The lowest BCUT2D eigenvalue weighted by Crippen LogP contribution is -2.36. The molecular formula is C14H20N6O. The zero-order valence-electron chi connectivity index (χ0n) is 12.3. The van der Waals surface area contributed by atoms with Crippen LogP contribution < -0.4 is 5.73 Å². The summed E-state index contributed by atoms with van der Waals surface area (Å²) in [5.41, 5.74) is 7.43. The zero-order chi connectivity index (χ0) is 15.2. The number of carbonyl (C=O) groups excluding carboxylic acids is 1. The van der Waals surface area contributed by atoms with Gasteiger partial charge in [0.15, 0.2) is 0 Å². The van der Waals surface area contributed by atoms with Crippen LogP contribution in [-0.4, -0.2) is 58.1 Å². The summed E-state index contributed by atoms with van der Waals surface area (Å²) >= 11 is 0. The third-order valence-electron chi connectivity index (χ3n) is 3.08. The van der Waals surface area contributed by atoms with E-state index in [1.54, 1.807) is 17.3 Å². The SMILES string of the molecule is CN(C)CCN(Cc1cccnc1)C(=O)c1[nH]ncc1N. The first-order chi connectivity index (χ1) is 10.1. The fourth-order valence-electron chi connectivity index (χ4n) is 1.91. The van der Waals surface area contributed by atoms with E-state index in [-0.39, 0.29) is 5.91 Å². The van der Waals surface area contributed by atoms with E-state index in [2.05, 4.69) is 15.2 Å². The highest BCUT2D eigenvalue weighted by Crippen LogP contribution is 2.12. The summed E-state index contributed by atoms with van der Waals surface area (Å²) in [5.74, 6) is -0.157. The van der Waals surface area contributed by atoms with Crippen LogP contribution in [0.3, 0.4) is 0 Å². The first kappa shape index (κ1) is 15.0. The zero-order valence-corrected chi connectivity index (χ0v) is 12.3. The van der Waals surface area contributed by atoms with Gasteiger partial charge in [-0.3, -0.25) is 14.9 Å². The third kappa shape index (κ3) is 4.03. The number of aromatic nitrogens is 3. The number of carbonyl (C=O) groups is 1. The van der Waals surface area contributed by atoms with Crippen LogP contribution in [0.4, 0.5) is 5.69 Å². The van der Waals surface area contributed by atoms with Crippen LogP contribution in [0.15, 0.2) is 30.7 Å². The van der Waals surface area contributed by atoms with E-state index in [0.717, 1.165) is 12.1 Å². The maximum atomic E-state index is 12.6. The molecule has 2 heterocycles. The summed E-state index contributed by atoms with van der Waals surface area (Å²) in [4.78, 5) is 20.4. The Morgan fingerprint density at radius 3 is 2.71 bits per heavy atom. The highest BCUT2D eigenvalue weighted by Gasteiger charge is 2.20. The van der Waals surface area contributed by atoms with Gasteiger partial charge in [-0.2, -0.15) is 5.10 Å². The molecule has 0 saturated heterocycles. The summed E-state index contributed by atoms with van der Waals surface area (Å²) in [6.45, 7) is 1.85. The first-order valence-electron chi connectivity index (χ1n) is 6.69. The van der Waals surface area contributed by atoms with Gasteiger partial charge in [-0.1, -0.05) is 6.07 Å². The van der Waals surface area contributed by atoms with Crippen LogP contribution in [0.25, 0.3) is 0 Å². The number of hydrogen-bond acceptors (Lipinski definition) is 5. The van der Waals surface area contributed by atoms with E-state index in [0.29, 0.717) is 24.5 Å². The van der Waals surface area contributed by atoms with Gasteiger partial charge in [0.25, 0.3) is 5.91 Å². The Labute approximate surface area is 123 Å². The minimum atomic E-state index is -0.157. The van der Waals surface area contributed by atoms with Crippen LogP contribution in [0.2, 0.25) is 0 Å². The molecule has 0 bridgehead atoms. The van der Waals surface area contributed by atoms with E-state index in [1.165, 1.54) is 6.20 Å². The Kier molecular flexibility index (Phi) is 4.89. The van der Waals surface area contributed by atoms with Crippen LogP contribution in [0.1, 0.15) is 16.1 Å². The molecule has 0 atom stereocenters. The molecule has 2 rings (SSSR count). The lowest BCUT2D eigenvalue weighted by atomic mass is 10.2. The molecule has 3 N–H and O–H groups in total. The number of H-pyrrole nitrogens is 1. The second-order valence-electron chi connectivity index (χ2n) is 5.09. The predicted molar refractivity (Wildman–Crippen MR) is 80.5 cm³/mol. The summed E-state index contributed by atoms with van der Waals surface area (Å²) in [5, 5.41) is 6.47. The van der Waals surface area contributed by atoms with Crippen molar-refractivity contribution >= 4 is 11.6 Å². The van der Waals surface area contributed by atoms with Crippen molar-refractivity contribution < 1.29 is 4.79 Å². The average molecular weight is 288 g/mol. The van der Waals surface area contributed by atoms with Crippen molar-refractivity contribution in [2.24, 2.45) is 0 Å². The molecule has 0 radical (unpaired) electrons. The molecule has 7 heteroatoms. The van der Waals surface area contributed by atoms with E-state index >= 15 is 0 Å². The monoisotopic (exact) mass is 288 g/mol. The summed E-state index contributed by atoms with van der Waals surface area (Å²) in [6.07, 6.45) is 4.91. The van der Waals surface area contributed by atoms with E-state index in [1.807, 2.05) is 31.1 Å². The maximum Gasteiger partial charge on any atom is 0.274 e. The number of hydrogen-bond donors (Lipinski definition) is 2. The Balaban J connectivity index is 2.15. The van der Waals surface area contributed by atoms with Crippen molar-refractivity contribution in [2.75, 3.05) is 32.9 Å². The quantitative estimate of drug-likeness (QED) is 0.812. The van der Waals surface area contributed by atoms with Gasteiger partial charge in [0.05, 0.1) is 11.9 Å². The molecule has 0 fully saturated rings. The lowest BCUT2D eigenvalue weighted by Gasteiger charge is -2.24. The third-order valence-corrected chi connectivity index (χ3v) is 3.08. The molecule has 7 nitrogen and oxygen atoms in total. The van der Waals surface area contributed by atoms with Gasteiger partial charge in [0.1, 0.15) is 5.69 Å². The molecule has 0 spiro atoms. The summed E-state index contributed by atoms with van der Waals surface area (Å²) in [6, 6.07) is 3.80. The number of aromatic amines is 1. The molecule has 2 aromatic heterocycles. The molecule has 0 aliphatic heterocycles. The highest BCUT2D eigenvalue weighted by atomic mass is 16.2. The number of nitrogens with two attached hydrogens (primary N) is 1. The molecule has 2 aromatic rings. The van der Waals surface area contributed by atoms with Crippen molar-refractivity contribution in [3.05, 3.63) is 42.0 Å². The Morgan fingerprint density at radius 2 is 2.14 bits per heavy atom. The minimum absolute atomic E-state index is 0.157. The van der Waals surface area contributed by atoms with E-state index < -0.39 is 0 Å². The van der Waals surface area contributed by atoms with Gasteiger partial charge in [0.2, 0.25) is 0 Å². The van der Waals surface area contributed by atoms with Crippen molar-refractivity contribution in [1.82, 2.24) is 25.0 Å². The Hall–Kier alpha value is -2.41. The Morgan fingerprint density at radius 1 is 1.33 bits per heavy atom. The minimum Gasteiger partial charge on any atom is -0.396 e. The average Bonchev–Trinajstić information content (AvgIpc) is 2.90. The van der Waals surface area contributed by atoms with Crippen LogP contribution in [-0.2, 0) is 6.54 Å². The predicted octanol–water partition coefficient (Wildman–Crippen LogP) is 0.591. The van der Waals surface area contributed by atoms with Crippen LogP contribution >= 0.6 is 0 Å². The molecular weight excluding hydrogens is 268 g/mol. The number of nitrogens with zero attached hydrogens (tertiary/aromatic N) is 4. The second kappa shape index (κ2) is 6.85. The van der Waals surface area contributed by atoms with Gasteiger partial charge in [-0.25, -0.2) is 0 Å². The molecule has 0 aliphatic rings. The highest BCUT2D eigenvalue weighted by molar-refractivity contribution is 5.96. The number of rotatable bonds is 6. The maximum absolute atomic E-state index is 12.6. The second-order valence-corrected chi connectivity index (χ2v) is 5.09. The van der Waals surface area contributed by atoms with Gasteiger partial charge in [0, 0.05) is 32.0 Å². The molecule has 21 heavy (non-hydrogen) atoms. The standard InChI is InChI=1S/C14H20N6O/c1-19(2)6-7-20(10-11-4-3-5-16-8-11)14(21)13-12(15)9-17-18-13/h3-5,8-9H,6-7,10,15H2,1-2H3,(H,17,18). The molecule has 0 saturated carbocycles. The van der Waals surface area contributed by atoms with E-state index in [9.17, 15) is 4.79 Å². The summed E-state index contributed by atoms with van der Waals surface area (Å²) in [7, 11) is 3.94. The van der Waals surface area contributed by atoms with Crippen molar-refractivity contribution in [3.8, 4) is 0 Å². The number of likely N-dealkylation sites (N-methyl/N-ethyl adjacent to an activating group) is 1. The van der Waals surface area contributed by atoms with Gasteiger partial charge >= 0.3 is 0 Å². The van der Waals surface area contributed by atoms with E-state index in [4.69, 9.17) is 5.73 Å². The fraction of sp³-hybridized carbons (Fsp3) is 0.357. The number of anilines is 1. The number of nitrogens with one attached hydrogen (secondary N) is 1. The van der Waals surface area contributed by atoms with Crippen molar-refractivity contribution in [1.29, 1.82) is 0 Å². The fourth-order valence-corrected chi connectivity index (χ4v) is 1.91. The number of nitrogen functional groups attached to an aromatic ring is 1. The van der Waals surface area contributed by atoms with Crippen LogP contribution in [0, 0.1) is 0 Å². The topological polar surface area (TPSA) is 91.1 Å². The van der Waals surface area contributed by atoms with Crippen molar-refractivity contribution in [2.45, 2.75) is 6.54 Å². The molecule has 1 amide bonds. The normalized spacial score (nSPS) is 10.8. The van der Waals surface area contributed by atoms with Crippen LogP contribution in [0.5, 0.6) is 0 Å². The number of pyridine rings is 1. The molecule has 0 unspecified atom stereocenters. The van der Waals surface area contributed by atoms with Gasteiger partial charge in [-0.15, -0.1) is 0 Å². The number of amides is 1. The molecule has 0 aliphatic carbocycles. The molecule has 0 aromatic carbocycles. The molecule has 112 valence electrons. The largest absolute Gasteiger partial charge is 0.396 e. The summed E-state index contributed by atoms with van der Waals surface area (Å²) < 4.78 is 0. The lowest BCUT2D eigenvalue weighted by molar-refractivity contribution is 0.0727.